The van der Waals surface area contributed by atoms with E-state index in [4.69, 9.17) is 0 Å². The smallest absolute Gasteiger partial charge is 0.316 e. The summed E-state index contributed by atoms with van der Waals surface area (Å²) in [6, 6.07) is 7.88. The normalized spacial score (nSPS) is 10.6. The number of methoxy groups -OCH3 is 1. The maximum atomic E-state index is 11.0. The number of fused-ring (bicyclic) bond motifs is 1. The van der Waals surface area contributed by atoms with Crippen LogP contribution >= 0.6 is 11.8 Å². The van der Waals surface area contributed by atoms with Gasteiger partial charge in [0.15, 0.2) is 5.16 Å². The third kappa shape index (κ3) is 2.04. The highest BCUT2D eigenvalue weighted by Crippen LogP contribution is 2.22. The Morgan fingerprint density at radius 1 is 1.50 bits per heavy atom. The van der Waals surface area contributed by atoms with Gasteiger partial charge in [0.2, 0.25) is 0 Å². The lowest BCUT2D eigenvalue weighted by atomic mass is 10.3. The molecule has 1 heterocycles. The highest BCUT2D eigenvalue weighted by atomic mass is 32.2. The number of thioether (sulfide) groups is 1. The summed E-state index contributed by atoms with van der Waals surface area (Å²) in [4.78, 5) is 15.5. The molecule has 2 aromatic rings. The highest BCUT2D eigenvalue weighted by molar-refractivity contribution is 7.99. The fraction of sp³-hybridized carbons (Fsp3) is 0.273. The number of rotatable bonds is 3. The van der Waals surface area contributed by atoms with Crippen LogP contribution in [0, 0.1) is 0 Å². The first-order chi connectivity index (χ1) is 7.72. The second-order valence-electron chi connectivity index (χ2n) is 3.31. The lowest BCUT2D eigenvalue weighted by Gasteiger charge is -2.00. The Balaban J connectivity index is 2.24. The zero-order valence-electron chi connectivity index (χ0n) is 9.14. The van der Waals surface area contributed by atoms with Crippen LogP contribution in [0.3, 0.4) is 0 Å². The molecule has 0 bridgehead atoms. The molecule has 0 aliphatic heterocycles. The Morgan fingerprint density at radius 3 is 2.94 bits per heavy atom. The minimum atomic E-state index is -0.239. The molecule has 1 aromatic heterocycles. The minimum absolute atomic E-state index is 0.239. The molecule has 0 fully saturated rings. The van der Waals surface area contributed by atoms with Crippen molar-refractivity contribution >= 4 is 28.8 Å². The Labute approximate surface area is 97.6 Å². The van der Waals surface area contributed by atoms with E-state index >= 15 is 0 Å². The van der Waals surface area contributed by atoms with Gasteiger partial charge < -0.3 is 9.30 Å². The average Bonchev–Trinajstić information content (AvgIpc) is 2.64. The molecule has 4 nitrogen and oxygen atoms in total. The Kier molecular flexibility index (Phi) is 3.14. The summed E-state index contributed by atoms with van der Waals surface area (Å²) >= 11 is 1.38. The number of esters is 1. The molecule has 5 heteroatoms. The molecule has 0 spiro atoms. The van der Waals surface area contributed by atoms with Crippen LogP contribution in [0.25, 0.3) is 11.0 Å². The molecule has 0 unspecified atom stereocenters. The summed E-state index contributed by atoms with van der Waals surface area (Å²) in [6.07, 6.45) is 0. The summed E-state index contributed by atoms with van der Waals surface area (Å²) in [5.41, 5.74) is 2.01. The number of carbonyl (C=O) groups excluding carboxylic acids is 1. The van der Waals surface area contributed by atoms with Crippen molar-refractivity contribution in [3.05, 3.63) is 24.3 Å². The van der Waals surface area contributed by atoms with Crippen LogP contribution < -0.4 is 0 Å². The van der Waals surface area contributed by atoms with E-state index in [1.54, 1.807) is 0 Å². The third-order valence-corrected chi connectivity index (χ3v) is 3.30. The van der Waals surface area contributed by atoms with Crippen LogP contribution in [-0.2, 0) is 16.6 Å². The molecule has 0 amide bonds. The molecule has 0 saturated carbocycles. The van der Waals surface area contributed by atoms with Crippen LogP contribution in [0.15, 0.2) is 29.4 Å². The summed E-state index contributed by atoms with van der Waals surface area (Å²) in [6.45, 7) is 0. The lowest BCUT2D eigenvalue weighted by Crippen LogP contribution is -2.04. The van der Waals surface area contributed by atoms with E-state index in [2.05, 4.69) is 9.72 Å². The van der Waals surface area contributed by atoms with Gasteiger partial charge in [-0.2, -0.15) is 0 Å². The molecule has 16 heavy (non-hydrogen) atoms. The van der Waals surface area contributed by atoms with Gasteiger partial charge in [-0.3, -0.25) is 4.79 Å². The first-order valence-electron chi connectivity index (χ1n) is 4.83. The van der Waals surface area contributed by atoms with E-state index in [-0.39, 0.29) is 11.7 Å². The second-order valence-corrected chi connectivity index (χ2v) is 4.25. The SMILES string of the molecule is COC(=O)CSc1nc2ccccc2n1C. The monoisotopic (exact) mass is 236 g/mol. The Bertz CT molecular complexity index is 522. The molecule has 0 aliphatic carbocycles. The van der Waals surface area contributed by atoms with Crippen molar-refractivity contribution in [2.75, 3.05) is 12.9 Å². The molecular formula is C11H12N2O2S. The van der Waals surface area contributed by atoms with Crippen molar-refractivity contribution in [2.45, 2.75) is 5.16 Å². The Morgan fingerprint density at radius 2 is 2.25 bits per heavy atom. The molecule has 0 atom stereocenters. The van der Waals surface area contributed by atoms with Gasteiger partial charge in [-0.25, -0.2) is 4.98 Å². The van der Waals surface area contributed by atoms with E-state index in [0.717, 1.165) is 16.2 Å². The predicted molar refractivity (Wildman–Crippen MR) is 63.5 cm³/mol. The minimum Gasteiger partial charge on any atom is -0.468 e. The van der Waals surface area contributed by atoms with Crippen LogP contribution in [0.2, 0.25) is 0 Å². The second kappa shape index (κ2) is 4.57. The van der Waals surface area contributed by atoms with E-state index in [9.17, 15) is 4.79 Å². The van der Waals surface area contributed by atoms with Gasteiger partial charge in [-0.15, -0.1) is 0 Å². The largest absolute Gasteiger partial charge is 0.468 e. The molecular weight excluding hydrogens is 224 g/mol. The number of nitrogens with zero attached hydrogens (tertiary/aromatic N) is 2. The number of hydrogen-bond acceptors (Lipinski definition) is 4. The number of ether oxygens (including phenoxy) is 1. The van der Waals surface area contributed by atoms with Crippen molar-refractivity contribution in [3.63, 3.8) is 0 Å². The first kappa shape index (κ1) is 11.0. The van der Waals surface area contributed by atoms with Crippen LogP contribution in [0.1, 0.15) is 0 Å². The van der Waals surface area contributed by atoms with Gasteiger partial charge in [-0.1, -0.05) is 23.9 Å². The molecule has 2 rings (SSSR count). The van der Waals surface area contributed by atoms with E-state index in [1.807, 2.05) is 35.9 Å². The molecule has 0 radical (unpaired) electrons. The van der Waals surface area contributed by atoms with Crippen molar-refractivity contribution in [2.24, 2.45) is 7.05 Å². The van der Waals surface area contributed by atoms with Crippen molar-refractivity contribution in [3.8, 4) is 0 Å². The van der Waals surface area contributed by atoms with Crippen LogP contribution in [0.4, 0.5) is 0 Å². The fourth-order valence-corrected chi connectivity index (χ4v) is 2.25. The first-order valence-corrected chi connectivity index (χ1v) is 5.82. The van der Waals surface area contributed by atoms with Crippen molar-refractivity contribution in [1.29, 1.82) is 0 Å². The number of imidazole rings is 1. The summed E-state index contributed by atoms with van der Waals surface area (Å²) in [5.74, 6) is 0.0465. The summed E-state index contributed by atoms with van der Waals surface area (Å²) in [7, 11) is 3.33. The topological polar surface area (TPSA) is 44.1 Å². The number of para-hydroxylation sites is 2. The lowest BCUT2D eigenvalue weighted by molar-refractivity contribution is -0.137. The van der Waals surface area contributed by atoms with Gasteiger partial charge in [0.25, 0.3) is 0 Å². The number of hydrogen-bond donors (Lipinski definition) is 0. The standard InChI is InChI=1S/C11H12N2O2S/c1-13-9-6-4-3-5-8(9)12-11(13)16-7-10(14)15-2/h3-6H,7H2,1-2H3. The van der Waals surface area contributed by atoms with E-state index in [1.165, 1.54) is 18.9 Å². The van der Waals surface area contributed by atoms with E-state index < -0.39 is 0 Å². The van der Waals surface area contributed by atoms with Gasteiger partial charge in [0.05, 0.1) is 23.9 Å². The maximum absolute atomic E-state index is 11.0. The number of aryl methyl sites for hydroxylation is 1. The quantitative estimate of drug-likeness (QED) is 0.602. The van der Waals surface area contributed by atoms with Crippen LogP contribution in [-0.4, -0.2) is 28.4 Å². The molecule has 0 N–H and O–H groups in total. The molecule has 0 aliphatic rings. The van der Waals surface area contributed by atoms with Crippen molar-refractivity contribution < 1.29 is 9.53 Å². The predicted octanol–water partition coefficient (Wildman–Crippen LogP) is 1.84. The number of aromatic nitrogens is 2. The number of benzene rings is 1. The summed E-state index contributed by atoms with van der Waals surface area (Å²) in [5, 5.41) is 0.826. The zero-order valence-corrected chi connectivity index (χ0v) is 9.95. The van der Waals surface area contributed by atoms with E-state index in [0.29, 0.717) is 0 Å². The molecule has 1 aromatic carbocycles. The molecule has 84 valence electrons. The average molecular weight is 236 g/mol. The van der Waals surface area contributed by atoms with Crippen molar-refractivity contribution in [1.82, 2.24) is 9.55 Å². The maximum Gasteiger partial charge on any atom is 0.316 e. The number of carbonyl (C=O) groups is 1. The van der Waals surface area contributed by atoms with Gasteiger partial charge in [-0.05, 0) is 12.1 Å². The summed E-state index contributed by atoms with van der Waals surface area (Å²) < 4.78 is 6.56. The fourth-order valence-electron chi connectivity index (χ4n) is 1.43. The molecule has 0 saturated heterocycles. The van der Waals surface area contributed by atoms with Gasteiger partial charge in [0, 0.05) is 7.05 Å². The zero-order chi connectivity index (χ0) is 11.5. The highest BCUT2D eigenvalue weighted by Gasteiger charge is 2.09. The van der Waals surface area contributed by atoms with Crippen LogP contribution in [0.5, 0.6) is 0 Å². The Hall–Kier alpha value is -1.49. The van der Waals surface area contributed by atoms with Gasteiger partial charge >= 0.3 is 5.97 Å². The third-order valence-electron chi connectivity index (χ3n) is 2.29. The van der Waals surface area contributed by atoms with Gasteiger partial charge in [0.1, 0.15) is 0 Å².